The van der Waals surface area contributed by atoms with Crippen LogP contribution >= 0.6 is 0 Å². The maximum atomic E-state index is 12.7. The first-order valence-electron chi connectivity index (χ1n) is 14.1. The number of hydrogen-bond acceptors (Lipinski definition) is 7. The second kappa shape index (κ2) is 10.9. The first kappa shape index (κ1) is 25.1. The number of nitrogens with zero attached hydrogens (tertiary/aromatic N) is 4. The van der Waals surface area contributed by atoms with Crippen molar-refractivity contribution in [1.82, 2.24) is 19.9 Å². The number of rotatable bonds is 8. The average Bonchev–Trinajstić information content (AvgIpc) is 3.66. The highest BCUT2D eigenvalue weighted by atomic mass is 16.5. The van der Waals surface area contributed by atoms with Crippen molar-refractivity contribution in [3.63, 3.8) is 0 Å². The Labute approximate surface area is 223 Å². The molecule has 0 spiro atoms. The molecule has 3 N–H and O–H groups in total. The molecule has 1 aromatic carbocycles. The van der Waals surface area contributed by atoms with E-state index in [1.54, 1.807) is 0 Å². The Morgan fingerprint density at radius 2 is 1.97 bits per heavy atom. The van der Waals surface area contributed by atoms with Crippen LogP contribution in [-0.2, 0) is 4.74 Å². The van der Waals surface area contributed by atoms with E-state index in [0.717, 1.165) is 105 Å². The van der Waals surface area contributed by atoms with Crippen molar-refractivity contribution in [2.45, 2.75) is 64.0 Å². The third-order valence-corrected chi connectivity index (χ3v) is 8.20. The largest absolute Gasteiger partial charge is 0.394 e. The van der Waals surface area contributed by atoms with Crippen molar-refractivity contribution in [3.8, 4) is 11.1 Å². The molecule has 2 saturated heterocycles. The van der Waals surface area contributed by atoms with Gasteiger partial charge in [0.1, 0.15) is 11.6 Å². The molecule has 6 rings (SSSR count). The summed E-state index contributed by atoms with van der Waals surface area (Å²) in [6.07, 6.45) is 9.28. The van der Waals surface area contributed by atoms with Crippen molar-refractivity contribution >= 4 is 23.2 Å². The van der Waals surface area contributed by atoms with Crippen LogP contribution in [0.4, 0.5) is 11.6 Å². The molecule has 9 nitrogen and oxygen atoms in total. The number of ether oxygens (including phenoxy) is 1. The van der Waals surface area contributed by atoms with E-state index >= 15 is 0 Å². The van der Waals surface area contributed by atoms with E-state index in [9.17, 15) is 9.90 Å². The second-order valence-electron chi connectivity index (χ2n) is 11.0. The van der Waals surface area contributed by atoms with Gasteiger partial charge in [-0.1, -0.05) is 12.1 Å². The van der Waals surface area contributed by atoms with Crippen LogP contribution in [-0.4, -0.2) is 70.6 Å². The SMILES string of the molecule is Cc1cc(-c2cnn3c(NCC4CCOCC4)cc(N4CCCC[C@H]4CO)nc23)ccc1C(=O)NC1CC1. The van der Waals surface area contributed by atoms with Crippen molar-refractivity contribution < 1.29 is 14.6 Å². The lowest BCUT2D eigenvalue weighted by Gasteiger charge is -2.35. The first-order valence-corrected chi connectivity index (χ1v) is 14.1. The third kappa shape index (κ3) is 5.22. The molecule has 38 heavy (non-hydrogen) atoms. The number of carbonyl (C=O) groups is 1. The van der Waals surface area contributed by atoms with Crippen LogP contribution in [0.25, 0.3) is 16.8 Å². The van der Waals surface area contributed by atoms with Crippen LogP contribution in [0, 0.1) is 12.8 Å². The molecule has 0 bridgehead atoms. The number of anilines is 2. The van der Waals surface area contributed by atoms with E-state index in [4.69, 9.17) is 14.8 Å². The summed E-state index contributed by atoms with van der Waals surface area (Å²) < 4.78 is 7.43. The third-order valence-electron chi connectivity index (χ3n) is 8.20. The Kier molecular flexibility index (Phi) is 7.21. The molecule has 9 heteroatoms. The second-order valence-corrected chi connectivity index (χ2v) is 11.0. The molecule has 1 aliphatic carbocycles. The Morgan fingerprint density at radius 3 is 2.74 bits per heavy atom. The highest BCUT2D eigenvalue weighted by molar-refractivity contribution is 5.97. The number of aryl methyl sites for hydroxylation is 1. The molecule has 0 unspecified atom stereocenters. The average molecular weight is 519 g/mol. The summed E-state index contributed by atoms with van der Waals surface area (Å²) in [4.78, 5) is 20.0. The van der Waals surface area contributed by atoms with Gasteiger partial charge in [0.25, 0.3) is 5.91 Å². The van der Waals surface area contributed by atoms with Crippen LogP contribution < -0.4 is 15.5 Å². The van der Waals surface area contributed by atoms with E-state index in [0.29, 0.717) is 17.5 Å². The van der Waals surface area contributed by atoms with Gasteiger partial charge >= 0.3 is 0 Å². The van der Waals surface area contributed by atoms with Crippen molar-refractivity contribution in [2.24, 2.45) is 5.92 Å². The lowest BCUT2D eigenvalue weighted by atomic mass is 10.0. The summed E-state index contributed by atoms with van der Waals surface area (Å²) in [5.41, 5.74) is 4.33. The van der Waals surface area contributed by atoms with Gasteiger partial charge in [-0.05, 0) is 75.0 Å². The van der Waals surface area contributed by atoms with Gasteiger partial charge in [0.15, 0.2) is 5.65 Å². The molecule has 0 radical (unpaired) electrons. The van der Waals surface area contributed by atoms with Crippen LogP contribution in [0.2, 0.25) is 0 Å². The number of hydrogen-bond donors (Lipinski definition) is 3. The fourth-order valence-electron chi connectivity index (χ4n) is 5.69. The molecule has 1 amide bonds. The van der Waals surface area contributed by atoms with Gasteiger partial charge in [-0.2, -0.15) is 9.61 Å². The van der Waals surface area contributed by atoms with Gasteiger partial charge in [0.05, 0.1) is 18.8 Å². The summed E-state index contributed by atoms with van der Waals surface area (Å²) >= 11 is 0. The molecule has 1 atom stereocenters. The smallest absolute Gasteiger partial charge is 0.251 e. The molecule has 3 fully saturated rings. The summed E-state index contributed by atoms with van der Waals surface area (Å²) in [6.45, 7) is 5.46. The molecular weight excluding hydrogens is 480 g/mol. The Balaban J connectivity index is 1.36. The number of carbonyl (C=O) groups excluding carboxylic acids is 1. The minimum absolute atomic E-state index is 0.00318. The van der Waals surface area contributed by atoms with Crippen LogP contribution in [0.1, 0.15) is 60.9 Å². The van der Waals surface area contributed by atoms with E-state index in [1.165, 1.54) is 0 Å². The summed E-state index contributed by atoms with van der Waals surface area (Å²) in [7, 11) is 0. The number of aromatic nitrogens is 3. The number of aliphatic hydroxyl groups is 1. The van der Waals surface area contributed by atoms with Crippen molar-refractivity contribution in [2.75, 3.05) is 43.1 Å². The van der Waals surface area contributed by atoms with Gasteiger partial charge in [-0.3, -0.25) is 4.79 Å². The monoisotopic (exact) mass is 518 g/mol. The Morgan fingerprint density at radius 1 is 1.13 bits per heavy atom. The number of fused-ring (bicyclic) bond motifs is 1. The van der Waals surface area contributed by atoms with Gasteiger partial charge in [0.2, 0.25) is 0 Å². The van der Waals surface area contributed by atoms with E-state index < -0.39 is 0 Å². The van der Waals surface area contributed by atoms with E-state index in [1.807, 2.05) is 29.8 Å². The van der Waals surface area contributed by atoms with Crippen LogP contribution in [0.5, 0.6) is 0 Å². The van der Waals surface area contributed by atoms with E-state index in [-0.39, 0.29) is 18.6 Å². The predicted octanol–water partition coefficient (Wildman–Crippen LogP) is 3.79. The number of piperidine rings is 1. The lowest BCUT2D eigenvalue weighted by molar-refractivity contribution is 0.0699. The highest BCUT2D eigenvalue weighted by Crippen LogP contribution is 2.32. The molecule has 3 aliphatic rings. The van der Waals surface area contributed by atoms with Gasteiger partial charge < -0.3 is 25.4 Å². The van der Waals surface area contributed by atoms with Gasteiger partial charge in [-0.25, -0.2) is 4.98 Å². The normalized spacial score (nSPS) is 20.6. The molecular formula is C29H38N6O3. The maximum absolute atomic E-state index is 12.7. The standard InChI is InChI=1S/C29H38N6O3/c1-19-14-21(5-8-24(19)29(37)32-22-6-7-22)25-17-31-35-26(30-16-20-9-12-38-13-10-20)15-27(33-28(25)35)34-11-3-2-4-23(34)18-36/h5,8,14-15,17,20,22-23,30,36H,2-4,6-7,9-13,16,18H2,1H3,(H,32,37)/t23-/m0/s1. The Bertz CT molecular complexity index is 1300. The van der Waals surface area contributed by atoms with Crippen molar-refractivity contribution in [1.29, 1.82) is 0 Å². The molecule has 202 valence electrons. The van der Waals surface area contributed by atoms with Gasteiger partial charge in [0, 0.05) is 49.5 Å². The minimum Gasteiger partial charge on any atom is -0.394 e. The predicted molar refractivity (Wildman–Crippen MR) is 148 cm³/mol. The van der Waals surface area contributed by atoms with Crippen LogP contribution in [0.15, 0.2) is 30.5 Å². The number of amides is 1. The molecule has 1 saturated carbocycles. The van der Waals surface area contributed by atoms with Crippen molar-refractivity contribution in [3.05, 3.63) is 41.6 Å². The highest BCUT2D eigenvalue weighted by Gasteiger charge is 2.26. The zero-order valence-corrected chi connectivity index (χ0v) is 22.2. The minimum atomic E-state index is -0.00318. The number of aliphatic hydroxyl groups excluding tert-OH is 1. The number of nitrogens with one attached hydrogen (secondary N) is 2. The first-order chi connectivity index (χ1) is 18.6. The molecule has 4 heterocycles. The van der Waals surface area contributed by atoms with Crippen LogP contribution in [0.3, 0.4) is 0 Å². The lowest BCUT2D eigenvalue weighted by Crippen LogP contribution is -2.42. The fourth-order valence-corrected chi connectivity index (χ4v) is 5.69. The fraction of sp³-hybridized carbons (Fsp3) is 0.552. The zero-order chi connectivity index (χ0) is 26.1. The molecule has 2 aliphatic heterocycles. The maximum Gasteiger partial charge on any atom is 0.251 e. The summed E-state index contributed by atoms with van der Waals surface area (Å²) in [5.74, 6) is 2.32. The quantitative estimate of drug-likeness (QED) is 0.417. The topological polar surface area (TPSA) is 104 Å². The van der Waals surface area contributed by atoms with Gasteiger partial charge in [-0.15, -0.1) is 0 Å². The molecule has 2 aromatic heterocycles. The van der Waals surface area contributed by atoms with E-state index in [2.05, 4.69) is 27.7 Å². The number of benzene rings is 1. The summed E-state index contributed by atoms with van der Waals surface area (Å²) in [6, 6.07) is 8.43. The Hall–Kier alpha value is -3.17. The summed E-state index contributed by atoms with van der Waals surface area (Å²) in [5, 5.41) is 21.6. The molecule has 3 aromatic rings. The zero-order valence-electron chi connectivity index (χ0n) is 22.2.